The van der Waals surface area contributed by atoms with Gasteiger partial charge < -0.3 is 18.6 Å². The van der Waals surface area contributed by atoms with Crippen LogP contribution in [0.2, 0.25) is 5.04 Å². The van der Waals surface area contributed by atoms with Crippen LogP contribution in [0, 0.1) is 5.92 Å². The summed E-state index contributed by atoms with van der Waals surface area (Å²) in [5.41, 5.74) is 1.17. The second-order valence-corrected chi connectivity index (χ2v) is 16.2. The van der Waals surface area contributed by atoms with Crippen LogP contribution >= 0.6 is 22.6 Å². The van der Waals surface area contributed by atoms with E-state index in [1.807, 2.05) is 18.2 Å². The van der Waals surface area contributed by atoms with Gasteiger partial charge in [0.05, 0.1) is 25.4 Å². The number of halogens is 1. The summed E-state index contributed by atoms with van der Waals surface area (Å²) in [6, 6.07) is 31.9. The van der Waals surface area contributed by atoms with Crippen molar-refractivity contribution in [2.45, 2.75) is 57.1 Å². The Morgan fingerprint density at radius 2 is 1.37 bits per heavy atom. The SMILES string of the molecule is CO[C@@H]1[C@@H](CCO[Si](c2ccccc2)(c2ccccc2)C(C)(C)C)[C@H](CI)O[C@@H]1COCc1ccccc1. The molecule has 4 rings (SSSR count). The number of rotatable bonds is 12. The lowest BCUT2D eigenvalue weighted by Crippen LogP contribution is -2.66. The van der Waals surface area contributed by atoms with Crippen LogP contribution in [-0.2, 0) is 25.2 Å². The van der Waals surface area contributed by atoms with Crippen LogP contribution in [-0.4, -0.2) is 51.4 Å². The number of alkyl halides is 1. The maximum absolute atomic E-state index is 7.18. The number of benzene rings is 3. The third-order valence-electron chi connectivity index (χ3n) is 7.62. The number of ether oxygens (including phenoxy) is 3. The average molecular weight is 645 g/mol. The van der Waals surface area contributed by atoms with Crippen molar-refractivity contribution in [3.63, 3.8) is 0 Å². The molecule has 6 heteroatoms. The molecular formula is C32H41IO4Si. The minimum absolute atomic E-state index is 0.0201. The fourth-order valence-electron chi connectivity index (χ4n) is 5.83. The van der Waals surface area contributed by atoms with E-state index in [4.69, 9.17) is 18.6 Å². The van der Waals surface area contributed by atoms with Crippen LogP contribution in [0.1, 0.15) is 32.8 Å². The topological polar surface area (TPSA) is 36.9 Å². The summed E-state index contributed by atoms with van der Waals surface area (Å²) >= 11 is 2.43. The van der Waals surface area contributed by atoms with Crippen molar-refractivity contribution in [1.82, 2.24) is 0 Å². The molecule has 1 saturated heterocycles. The van der Waals surface area contributed by atoms with E-state index < -0.39 is 8.32 Å². The van der Waals surface area contributed by atoms with Gasteiger partial charge in [-0.15, -0.1) is 0 Å². The lowest BCUT2D eigenvalue weighted by molar-refractivity contribution is -0.0542. The number of methoxy groups -OCH3 is 1. The normalized spacial score (nSPS) is 22.0. The first kappa shape index (κ1) is 29.4. The quantitative estimate of drug-likeness (QED) is 0.138. The van der Waals surface area contributed by atoms with Gasteiger partial charge in [0.1, 0.15) is 6.10 Å². The van der Waals surface area contributed by atoms with Crippen LogP contribution in [0.15, 0.2) is 91.0 Å². The van der Waals surface area contributed by atoms with Crippen molar-refractivity contribution in [3.8, 4) is 0 Å². The average Bonchev–Trinajstić information content (AvgIpc) is 3.28. The third kappa shape index (κ3) is 6.59. The van der Waals surface area contributed by atoms with Gasteiger partial charge in [0, 0.05) is 24.1 Å². The molecule has 3 aromatic carbocycles. The Labute approximate surface area is 243 Å². The molecule has 0 radical (unpaired) electrons. The van der Waals surface area contributed by atoms with Crippen LogP contribution in [0.25, 0.3) is 0 Å². The van der Waals surface area contributed by atoms with Gasteiger partial charge in [-0.1, -0.05) is 134 Å². The van der Waals surface area contributed by atoms with Gasteiger partial charge in [0.2, 0.25) is 0 Å². The first-order valence-electron chi connectivity index (χ1n) is 13.5. The molecule has 38 heavy (non-hydrogen) atoms. The molecular weight excluding hydrogens is 603 g/mol. The van der Waals surface area contributed by atoms with E-state index >= 15 is 0 Å². The highest BCUT2D eigenvalue weighted by Gasteiger charge is 2.51. The molecule has 4 atom stereocenters. The Morgan fingerprint density at radius 1 is 0.816 bits per heavy atom. The molecule has 0 aliphatic carbocycles. The molecule has 0 saturated carbocycles. The van der Waals surface area contributed by atoms with E-state index in [1.165, 1.54) is 15.9 Å². The van der Waals surface area contributed by atoms with Crippen molar-refractivity contribution < 1.29 is 18.6 Å². The van der Waals surface area contributed by atoms with E-state index in [-0.39, 0.29) is 29.3 Å². The Morgan fingerprint density at radius 3 is 1.87 bits per heavy atom. The summed E-state index contributed by atoms with van der Waals surface area (Å²) in [5.74, 6) is 0.250. The Kier molecular flexibility index (Phi) is 10.6. The van der Waals surface area contributed by atoms with Gasteiger partial charge in [-0.3, -0.25) is 0 Å². The molecule has 1 aliphatic rings. The zero-order valence-corrected chi connectivity index (χ0v) is 26.2. The standard InChI is InChI=1S/C32H41IO4Si/c1-32(2,3)38(26-16-10-6-11-17-26,27-18-12-7-13-19-27)36-21-20-28-29(22-33)37-30(31(28)34-4)24-35-23-25-14-8-5-9-15-25/h5-19,28-31H,20-24H2,1-4H3/t28-,29-,30+,31+/m0/s1. The highest BCUT2D eigenvalue weighted by Crippen LogP contribution is 2.38. The largest absolute Gasteiger partial charge is 0.407 e. The molecule has 1 aliphatic heterocycles. The van der Waals surface area contributed by atoms with Crippen molar-refractivity contribution in [3.05, 3.63) is 96.6 Å². The fourth-order valence-corrected chi connectivity index (χ4v) is 11.3. The summed E-state index contributed by atoms with van der Waals surface area (Å²) in [7, 11) is -0.774. The smallest absolute Gasteiger partial charge is 0.261 e. The van der Waals surface area contributed by atoms with E-state index in [2.05, 4.69) is 116 Å². The number of hydrogen-bond donors (Lipinski definition) is 0. The van der Waals surface area contributed by atoms with Crippen molar-refractivity contribution >= 4 is 41.3 Å². The maximum atomic E-state index is 7.18. The van der Waals surface area contributed by atoms with Crippen LogP contribution in [0.5, 0.6) is 0 Å². The van der Waals surface area contributed by atoms with Crippen molar-refractivity contribution in [1.29, 1.82) is 0 Å². The molecule has 3 aromatic rings. The molecule has 0 N–H and O–H groups in total. The summed E-state index contributed by atoms with van der Waals surface area (Å²) in [6.45, 7) is 8.73. The zero-order valence-electron chi connectivity index (χ0n) is 23.0. The van der Waals surface area contributed by atoms with E-state index in [1.54, 1.807) is 7.11 Å². The molecule has 0 amide bonds. The van der Waals surface area contributed by atoms with E-state index in [0.29, 0.717) is 19.8 Å². The molecule has 0 aromatic heterocycles. The third-order valence-corrected chi connectivity index (χ3v) is 13.5. The van der Waals surface area contributed by atoms with Gasteiger partial charge in [0.15, 0.2) is 0 Å². The maximum Gasteiger partial charge on any atom is 0.261 e. The number of hydrogen-bond acceptors (Lipinski definition) is 4. The second-order valence-electron chi connectivity index (χ2n) is 11.0. The second kappa shape index (κ2) is 13.7. The van der Waals surface area contributed by atoms with Gasteiger partial charge in [0.25, 0.3) is 8.32 Å². The minimum Gasteiger partial charge on any atom is -0.407 e. The van der Waals surface area contributed by atoms with Crippen LogP contribution < -0.4 is 10.4 Å². The van der Waals surface area contributed by atoms with Crippen molar-refractivity contribution in [2.75, 3.05) is 24.8 Å². The van der Waals surface area contributed by atoms with Gasteiger partial charge in [-0.25, -0.2) is 0 Å². The van der Waals surface area contributed by atoms with Crippen LogP contribution in [0.3, 0.4) is 0 Å². The predicted molar refractivity (Wildman–Crippen MR) is 166 cm³/mol. The molecule has 1 heterocycles. The van der Waals surface area contributed by atoms with Gasteiger partial charge >= 0.3 is 0 Å². The lowest BCUT2D eigenvalue weighted by atomic mass is 9.94. The van der Waals surface area contributed by atoms with Crippen LogP contribution in [0.4, 0.5) is 0 Å². The highest BCUT2D eigenvalue weighted by atomic mass is 127. The molecule has 0 unspecified atom stereocenters. The van der Waals surface area contributed by atoms with Gasteiger partial charge in [-0.05, 0) is 27.4 Å². The van der Waals surface area contributed by atoms with Gasteiger partial charge in [-0.2, -0.15) is 0 Å². The summed E-state index contributed by atoms with van der Waals surface area (Å²) in [6.07, 6.45) is 0.898. The Balaban J connectivity index is 1.49. The predicted octanol–water partition coefficient (Wildman–Crippen LogP) is 6.00. The fraction of sp³-hybridized carbons (Fsp3) is 0.438. The molecule has 0 spiro atoms. The Hall–Kier alpha value is -1.55. The van der Waals surface area contributed by atoms with E-state index in [0.717, 1.165) is 10.8 Å². The summed E-state index contributed by atoms with van der Waals surface area (Å²) < 4.78 is 26.7. The first-order chi connectivity index (χ1) is 18.4. The highest BCUT2D eigenvalue weighted by molar-refractivity contribution is 14.1. The monoisotopic (exact) mass is 644 g/mol. The molecule has 4 nitrogen and oxygen atoms in total. The zero-order chi connectivity index (χ0) is 27.0. The minimum atomic E-state index is -2.57. The molecule has 1 fully saturated rings. The van der Waals surface area contributed by atoms with Crippen molar-refractivity contribution in [2.24, 2.45) is 5.92 Å². The molecule has 204 valence electrons. The summed E-state index contributed by atoms with van der Waals surface area (Å²) in [4.78, 5) is 0. The van der Waals surface area contributed by atoms with E-state index in [9.17, 15) is 0 Å². The molecule has 0 bridgehead atoms. The first-order valence-corrected chi connectivity index (χ1v) is 16.9. The lowest BCUT2D eigenvalue weighted by Gasteiger charge is -2.43. The summed E-state index contributed by atoms with van der Waals surface area (Å²) in [5, 5.41) is 2.57. The Bertz CT molecular complexity index is 1050.